The summed E-state index contributed by atoms with van der Waals surface area (Å²) < 4.78 is 0. The van der Waals surface area contributed by atoms with E-state index >= 15 is 0 Å². The Bertz CT molecular complexity index is 384. The van der Waals surface area contributed by atoms with Crippen LogP contribution >= 0.6 is 0 Å². The van der Waals surface area contributed by atoms with Gasteiger partial charge >= 0.3 is 0 Å². The molecule has 80 valence electrons. The number of hydrogen-bond donors (Lipinski definition) is 1. The summed E-state index contributed by atoms with van der Waals surface area (Å²) in [5.41, 5.74) is 4.16. The van der Waals surface area contributed by atoms with Crippen molar-refractivity contribution in [3.05, 3.63) is 34.9 Å². The van der Waals surface area contributed by atoms with Gasteiger partial charge in [-0.3, -0.25) is 4.79 Å². The van der Waals surface area contributed by atoms with Crippen LogP contribution in [0.2, 0.25) is 0 Å². The molecule has 1 atom stereocenters. The van der Waals surface area contributed by atoms with E-state index in [1.807, 2.05) is 6.92 Å². The fourth-order valence-electron chi connectivity index (χ4n) is 2.25. The Hall–Kier alpha value is -1.31. The predicted octanol–water partition coefficient (Wildman–Crippen LogP) is 2.37. The van der Waals surface area contributed by atoms with Gasteiger partial charge in [-0.25, -0.2) is 0 Å². The molecule has 1 aliphatic rings. The molecule has 0 spiro atoms. The topological polar surface area (TPSA) is 29.1 Å². The highest BCUT2D eigenvalue weighted by molar-refractivity contribution is 5.73. The van der Waals surface area contributed by atoms with E-state index < -0.39 is 0 Å². The number of fused-ring (bicyclic) bond motifs is 1. The van der Waals surface area contributed by atoms with Crippen molar-refractivity contribution in [2.24, 2.45) is 0 Å². The number of nitrogens with one attached hydrogen (secondary N) is 1. The zero-order valence-electron chi connectivity index (χ0n) is 9.34. The predicted molar refractivity (Wildman–Crippen MR) is 60.7 cm³/mol. The summed E-state index contributed by atoms with van der Waals surface area (Å²) >= 11 is 0. The summed E-state index contributed by atoms with van der Waals surface area (Å²) in [6.07, 6.45) is 3.67. The summed E-state index contributed by atoms with van der Waals surface area (Å²) in [5.74, 6) is 0.0306. The van der Waals surface area contributed by atoms with Crippen LogP contribution in [0.5, 0.6) is 0 Å². The van der Waals surface area contributed by atoms with Crippen molar-refractivity contribution in [3.63, 3.8) is 0 Å². The van der Waals surface area contributed by atoms with Crippen LogP contribution in [0.15, 0.2) is 18.2 Å². The van der Waals surface area contributed by atoms with Crippen molar-refractivity contribution in [2.45, 2.75) is 39.2 Å². The van der Waals surface area contributed by atoms with Gasteiger partial charge in [-0.2, -0.15) is 0 Å². The Labute approximate surface area is 90.7 Å². The van der Waals surface area contributed by atoms with Crippen molar-refractivity contribution in [1.29, 1.82) is 0 Å². The van der Waals surface area contributed by atoms with E-state index in [0.717, 1.165) is 0 Å². The van der Waals surface area contributed by atoms with Gasteiger partial charge in [0, 0.05) is 6.92 Å². The molecule has 0 saturated carbocycles. The first-order valence-corrected chi connectivity index (χ1v) is 5.55. The second kappa shape index (κ2) is 4.05. The van der Waals surface area contributed by atoms with Gasteiger partial charge in [0.15, 0.2) is 0 Å². The number of rotatable bonds is 2. The molecule has 1 N–H and O–H groups in total. The molecule has 0 heterocycles. The third-order valence-electron chi connectivity index (χ3n) is 3.04. The Kier molecular flexibility index (Phi) is 2.76. The second-order valence-electron chi connectivity index (χ2n) is 4.30. The highest BCUT2D eigenvalue weighted by atomic mass is 16.1. The zero-order chi connectivity index (χ0) is 10.8. The van der Waals surface area contributed by atoms with Crippen LogP contribution in [-0.2, 0) is 17.6 Å². The first-order chi connectivity index (χ1) is 7.16. The Morgan fingerprint density at radius 2 is 2.07 bits per heavy atom. The minimum absolute atomic E-state index is 0.0306. The molecule has 0 aromatic heterocycles. The summed E-state index contributed by atoms with van der Waals surface area (Å²) in [4.78, 5) is 11.0. The van der Waals surface area contributed by atoms with Gasteiger partial charge < -0.3 is 5.32 Å². The standard InChI is InChI=1S/C13H17NO/c1-9(14-10(2)15)12-7-6-11-4-3-5-13(11)8-12/h6-9H,3-5H2,1-2H3,(H,14,15). The van der Waals surface area contributed by atoms with Crippen molar-refractivity contribution < 1.29 is 4.79 Å². The molecule has 0 radical (unpaired) electrons. The van der Waals surface area contributed by atoms with Crippen LogP contribution in [0.1, 0.15) is 43.0 Å². The summed E-state index contributed by atoms with van der Waals surface area (Å²) in [6, 6.07) is 6.69. The quantitative estimate of drug-likeness (QED) is 0.785. The van der Waals surface area contributed by atoms with E-state index in [9.17, 15) is 4.79 Å². The molecule has 0 fully saturated rings. The molecule has 1 aliphatic carbocycles. The van der Waals surface area contributed by atoms with Crippen LogP contribution in [0.3, 0.4) is 0 Å². The summed E-state index contributed by atoms with van der Waals surface area (Å²) in [7, 11) is 0. The first-order valence-electron chi connectivity index (χ1n) is 5.55. The minimum atomic E-state index is 0.0306. The van der Waals surface area contributed by atoms with E-state index in [2.05, 4.69) is 23.5 Å². The van der Waals surface area contributed by atoms with Gasteiger partial charge in [-0.1, -0.05) is 18.2 Å². The second-order valence-corrected chi connectivity index (χ2v) is 4.30. The SMILES string of the molecule is CC(=O)NC(C)c1ccc2c(c1)CCC2. The van der Waals surface area contributed by atoms with E-state index in [1.54, 1.807) is 6.92 Å². The number of aryl methyl sites for hydroxylation is 2. The number of carbonyl (C=O) groups excluding carboxylic acids is 1. The van der Waals surface area contributed by atoms with Crippen LogP contribution < -0.4 is 5.32 Å². The fourth-order valence-corrected chi connectivity index (χ4v) is 2.25. The highest BCUT2D eigenvalue weighted by Gasteiger charge is 2.13. The highest BCUT2D eigenvalue weighted by Crippen LogP contribution is 2.25. The Balaban J connectivity index is 2.19. The lowest BCUT2D eigenvalue weighted by molar-refractivity contribution is -0.119. The van der Waals surface area contributed by atoms with Crippen molar-refractivity contribution in [3.8, 4) is 0 Å². The van der Waals surface area contributed by atoms with Crippen molar-refractivity contribution in [1.82, 2.24) is 5.32 Å². The molecule has 0 saturated heterocycles. The Morgan fingerprint density at radius 1 is 1.33 bits per heavy atom. The number of hydrogen-bond acceptors (Lipinski definition) is 1. The molecule has 1 aromatic carbocycles. The molecule has 1 aromatic rings. The van der Waals surface area contributed by atoms with Gasteiger partial charge in [-0.05, 0) is 42.9 Å². The molecular formula is C13H17NO. The van der Waals surface area contributed by atoms with Crippen molar-refractivity contribution in [2.75, 3.05) is 0 Å². The molecule has 1 amide bonds. The van der Waals surface area contributed by atoms with Crippen LogP contribution in [0.4, 0.5) is 0 Å². The lowest BCUT2D eigenvalue weighted by Gasteiger charge is -2.14. The Morgan fingerprint density at radius 3 is 2.80 bits per heavy atom. The van der Waals surface area contributed by atoms with Gasteiger partial charge in [0.2, 0.25) is 5.91 Å². The van der Waals surface area contributed by atoms with E-state index in [-0.39, 0.29) is 11.9 Å². The zero-order valence-corrected chi connectivity index (χ0v) is 9.34. The first kappa shape index (κ1) is 10.2. The third-order valence-corrected chi connectivity index (χ3v) is 3.04. The molecule has 0 bridgehead atoms. The molecule has 1 unspecified atom stereocenters. The number of amides is 1. The summed E-state index contributed by atoms with van der Waals surface area (Å²) in [5, 5.41) is 2.91. The lowest BCUT2D eigenvalue weighted by atomic mass is 10.0. The number of benzene rings is 1. The van der Waals surface area contributed by atoms with E-state index in [0.29, 0.717) is 0 Å². The maximum Gasteiger partial charge on any atom is 0.217 e. The fraction of sp³-hybridized carbons (Fsp3) is 0.462. The normalized spacial score (nSPS) is 15.9. The molecule has 2 nitrogen and oxygen atoms in total. The average molecular weight is 203 g/mol. The molecule has 2 heteroatoms. The third kappa shape index (κ3) is 2.20. The van der Waals surface area contributed by atoms with Gasteiger partial charge in [0.25, 0.3) is 0 Å². The largest absolute Gasteiger partial charge is 0.350 e. The van der Waals surface area contributed by atoms with Gasteiger partial charge in [0.1, 0.15) is 0 Å². The minimum Gasteiger partial charge on any atom is -0.350 e. The van der Waals surface area contributed by atoms with Gasteiger partial charge in [0.05, 0.1) is 6.04 Å². The van der Waals surface area contributed by atoms with Crippen molar-refractivity contribution >= 4 is 5.91 Å². The maximum atomic E-state index is 11.0. The molecule has 0 aliphatic heterocycles. The lowest BCUT2D eigenvalue weighted by Crippen LogP contribution is -2.23. The van der Waals surface area contributed by atoms with Crippen LogP contribution in [0, 0.1) is 0 Å². The van der Waals surface area contributed by atoms with E-state index in [4.69, 9.17) is 0 Å². The van der Waals surface area contributed by atoms with Crippen LogP contribution in [-0.4, -0.2) is 5.91 Å². The smallest absolute Gasteiger partial charge is 0.217 e. The monoisotopic (exact) mass is 203 g/mol. The maximum absolute atomic E-state index is 11.0. The molecule has 2 rings (SSSR count). The molecular weight excluding hydrogens is 186 g/mol. The van der Waals surface area contributed by atoms with Gasteiger partial charge in [-0.15, -0.1) is 0 Å². The van der Waals surface area contributed by atoms with Crippen LogP contribution in [0.25, 0.3) is 0 Å². The van der Waals surface area contributed by atoms with E-state index in [1.165, 1.54) is 36.0 Å². The average Bonchev–Trinajstić information content (AvgIpc) is 2.62. The summed E-state index contributed by atoms with van der Waals surface area (Å²) in [6.45, 7) is 3.59. The number of carbonyl (C=O) groups is 1. The molecule has 15 heavy (non-hydrogen) atoms.